The zero-order chi connectivity index (χ0) is 14.8. The van der Waals surface area contributed by atoms with Crippen molar-refractivity contribution in [3.63, 3.8) is 0 Å². The van der Waals surface area contributed by atoms with Gasteiger partial charge in [0.2, 0.25) is 15.0 Å². The van der Waals surface area contributed by atoms with Gasteiger partial charge in [0.25, 0.3) is 0 Å². The van der Waals surface area contributed by atoms with Gasteiger partial charge >= 0.3 is 0 Å². The Labute approximate surface area is 120 Å². The first-order valence-electron chi connectivity index (χ1n) is 6.68. The molecular formula is C13H21N3O3S. The number of hydrogen-bond acceptors (Lipinski definition) is 6. The lowest BCUT2D eigenvalue weighted by Crippen LogP contribution is -2.45. The van der Waals surface area contributed by atoms with Crippen molar-refractivity contribution in [2.24, 2.45) is 15.9 Å². The van der Waals surface area contributed by atoms with Crippen LogP contribution < -0.4 is 0 Å². The summed E-state index contributed by atoms with van der Waals surface area (Å²) in [6.45, 7) is 3.35. The van der Waals surface area contributed by atoms with Gasteiger partial charge in [-0.3, -0.25) is 0 Å². The fourth-order valence-electron chi connectivity index (χ4n) is 2.49. The molecule has 0 radical (unpaired) electrons. The van der Waals surface area contributed by atoms with Crippen LogP contribution in [-0.2, 0) is 14.6 Å². The molecule has 7 heteroatoms. The Kier molecular flexibility index (Phi) is 4.59. The quantitative estimate of drug-likeness (QED) is 0.728. The molecule has 112 valence electrons. The number of aliphatic imine (C=N–C) groups is 2. The predicted octanol–water partition coefficient (Wildman–Crippen LogP) is 1.06. The molecule has 0 aromatic carbocycles. The molecule has 0 saturated heterocycles. The van der Waals surface area contributed by atoms with E-state index in [0.717, 1.165) is 31.4 Å². The molecule has 2 unspecified atom stereocenters. The summed E-state index contributed by atoms with van der Waals surface area (Å²) >= 11 is 0. The molecular weight excluding hydrogens is 278 g/mol. The van der Waals surface area contributed by atoms with Crippen LogP contribution in [0.4, 0.5) is 0 Å². The molecule has 2 aliphatic heterocycles. The molecule has 0 aromatic heterocycles. The third-order valence-electron chi connectivity index (χ3n) is 3.53. The fraction of sp³-hybridized carbons (Fsp3) is 0.692. The van der Waals surface area contributed by atoms with E-state index in [2.05, 4.69) is 21.0 Å². The van der Waals surface area contributed by atoms with Crippen LogP contribution in [0.15, 0.2) is 22.3 Å². The van der Waals surface area contributed by atoms with Crippen molar-refractivity contribution in [3.05, 3.63) is 12.3 Å². The summed E-state index contributed by atoms with van der Waals surface area (Å²) < 4.78 is 28.4. The average Bonchev–Trinajstić information content (AvgIpc) is 2.38. The average molecular weight is 299 g/mol. The van der Waals surface area contributed by atoms with Crippen LogP contribution in [0, 0.1) is 5.92 Å². The van der Waals surface area contributed by atoms with E-state index in [4.69, 9.17) is 4.74 Å². The minimum atomic E-state index is -3.37. The molecule has 0 fully saturated rings. The maximum Gasteiger partial charge on any atom is 0.244 e. The highest BCUT2D eigenvalue weighted by molar-refractivity contribution is 8.05. The SMILES string of the molecule is COCCCN1C=CCC2C(C)=NC(S(C)(=O)=O)=NC21. The Bertz CT molecular complexity index is 551. The van der Waals surface area contributed by atoms with Gasteiger partial charge in [0, 0.05) is 38.1 Å². The van der Waals surface area contributed by atoms with E-state index in [1.807, 2.05) is 13.1 Å². The molecule has 2 heterocycles. The lowest BCUT2D eigenvalue weighted by molar-refractivity contribution is 0.163. The first-order valence-corrected chi connectivity index (χ1v) is 8.57. The Hall–Kier alpha value is -1.21. The Morgan fingerprint density at radius 2 is 2.25 bits per heavy atom. The first kappa shape index (κ1) is 15.2. The van der Waals surface area contributed by atoms with E-state index in [9.17, 15) is 8.42 Å². The number of hydrogen-bond donors (Lipinski definition) is 0. The molecule has 0 aliphatic carbocycles. The van der Waals surface area contributed by atoms with E-state index in [-0.39, 0.29) is 17.3 Å². The molecule has 2 aliphatic rings. The van der Waals surface area contributed by atoms with E-state index < -0.39 is 9.84 Å². The van der Waals surface area contributed by atoms with Crippen LogP contribution in [0.5, 0.6) is 0 Å². The summed E-state index contributed by atoms with van der Waals surface area (Å²) in [7, 11) is -1.70. The van der Waals surface area contributed by atoms with Crippen LogP contribution >= 0.6 is 0 Å². The molecule has 0 aromatic rings. The second-order valence-corrected chi connectivity index (χ2v) is 7.07. The van der Waals surface area contributed by atoms with Crippen LogP contribution in [0.1, 0.15) is 19.8 Å². The molecule has 0 saturated carbocycles. The smallest absolute Gasteiger partial charge is 0.244 e. The first-order chi connectivity index (χ1) is 9.43. The van der Waals surface area contributed by atoms with E-state index in [1.165, 1.54) is 0 Å². The predicted molar refractivity (Wildman–Crippen MR) is 79.6 cm³/mol. The van der Waals surface area contributed by atoms with Crippen molar-refractivity contribution in [1.82, 2.24) is 4.90 Å². The molecule has 6 nitrogen and oxygen atoms in total. The van der Waals surface area contributed by atoms with E-state index in [1.54, 1.807) is 7.11 Å². The number of rotatable bonds is 4. The zero-order valence-corrected chi connectivity index (χ0v) is 12.9. The third-order valence-corrected chi connectivity index (χ3v) is 4.39. The lowest BCUT2D eigenvalue weighted by Gasteiger charge is -2.38. The number of ether oxygens (including phenoxy) is 1. The van der Waals surface area contributed by atoms with Crippen molar-refractivity contribution in [1.29, 1.82) is 0 Å². The Morgan fingerprint density at radius 3 is 2.90 bits per heavy atom. The highest BCUT2D eigenvalue weighted by Crippen LogP contribution is 2.28. The number of fused-ring (bicyclic) bond motifs is 1. The van der Waals surface area contributed by atoms with Crippen molar-refractivity contribution < 1.29 is 13.2 Å². The zero-order valence-electron chi connectivity index (χ0n) is 12.1. The number of allylic oxidation sites excluding steroid dienone is 1. The molecule has 20 heavy (non-hydrogen) atoms. The van der Waals surface area contributed by atoms with E-state index >= 15 is 0 Å². The third kappa shape index (κ3) is 3.27. The van der Waals surface area contributed by atoms with Gasteiger partial charge in [-0.2, -0.15) is 0 Å². The van der Waals surface area contributed by atoms with Crippen molar-refractivity contribution >= 4 is 20.7 Å². The minimum absolute atomic E-state index is 0.0525. The summed E-state index contributed by atoms with van der Waals surface area (Å²) in [4.78, 5) is 10.6. The van der Waals surface area contributed by atoms with Crippen molar-refractivity contribution in [2.45, 2.75) is 25.9 Å². The summed E-state index contributed by atoms with van der Waals surface area (Å²) in [5.41, 5.74) is 0.839. The summed E-state index contributed by atoms with van der Waals surface area (Å²) in [5, 5.41) is -0.0525. The summed E-state index contributed by atoms with van der Waals surface area (Å²) in [5.74, 6) is 0.160. The van der Waals surface area contributed by atoms with Gasteiger partial charge in [0.1, 0.15) is 6.17 Å². The van der Waals surface area contributed by atoms with Gasteiger partial charge in [0.05, 0.1) is 0 Å². The summed E-state index contributed by atoms with van der Waals surface area (Å²) in [6.07, 6.45) is 6.80. The Balaban J connectivity index is 2.23. The van der Waals surface area contributed by atoms with Gasteiger partial charge in [-0.15, -0.1) is 0 Å². The monoisotopic (exact) mass is 299 g/mol. The standard InChI is InChI=1S/C13H21N3O3S/c1-10-11-6-4-7-16(8-5-9-19-2)12(11)15-13(14-10)20(3,17)18/h4,7,11-12H,5-6,8-9H2,1-3H3. The van der Waals surface area contributed by atoms with Crippen molar-refractivity contribution in [2.75, 3.05) is 26.5 Å². The second kappa shape index (κ2) is 6.05. The summed E-state index contributed by atoms with van der Waals surface area (Å²) in [6, 6.07) is 0. The highest BCUT2D eigenvalue weighted by Gasteiger charge is 2.34. The molecule has 2 rings (SSSR count). The molecule has 0 amide bonds. The lowest BCUT2D eigenvalue weighted by atomic mass is 9.92. The minimum Gasteiger partial charge on any atom is -0.385 e. The maximum absolute atomic E-state index is 11.7. The van der Waals surface area contributed by atoms with Crippen LogP contribution in [0.3, 0.4) is 0 Å². The van der Waals surface area contributed by atoms with Gasteiger partial charge in [0.15, 0.2) is 0 Å². The van der Waals surface area contributed by atoms with Gasteiger partial charge < -0.3 is 9.64 Å². The number of nitrogens with zero attached hydrogens (tertiary/aromatic N) is 3. The number of sulfone groups is 1. The highest BCUT2D eigenvalue weighted by atomic mass is 32.2. The topological polar surface area (TPSA) is 71.3 Å². The molecule has 0 spiro atoms. The molecule has 0 bridgehead atoms. The van der Waals surface area contributed by atoms with Gasteiger partial charge in [-0.1, -0.05) is 6.08 Å². The normalized spacial score (nSPS) is 26.1. The van der Waals surface area contributed by atoms with Gasteiger partial charge in [-0.25, -0.2) is 18.4 Å². The molecule has 0 N–H and O–H groups in total. The fourth-order valence-corrected chi connectivity index (χ4v) is 3.10. The van der Waals surface area contributed by atoms with Crippen molar-refractivity contribution in [3.8, 4) is 0 Å². The number of amidine groups is 1. The van der Waals surface area contributed by atoms with E-state index in [0.29, 0.717) is 6.61 Å². The van der Waals surface area contributed by atoms with Crippen LogP contribution in [-0.4, -0.2) is 56.9 Å². The van der Waals surface area contributed by atoms with Crippen LogP contribution in [0.25, 0.3) is 0 Å². The second-order valence-electron chi connectivity index (χ2n) is 5.16. The van der Waals surface area contributed by atoms with Crippen LogP contribution in [0.2, 0.25) is 0 Å². The Morgan fingerprint density at radius 1 is 1.50 bits per heavy atom. The van der Waals surface area contributed by atoms with Gasteiger partial charge in [-0.05, 0) is 26.0 Å². The maximum atomic E-state index is 11.7. The molecule has 2 atom stereocenters. The largest absolute Gasteiger partial charge is 0.385 e. The number of methoxy groups -OCH3 is 1.